The van der Waals surface area contributed by atoms with Crippen LogP contribution in [0.5, 0.6) is 0 Å². The normalized spacial score (nSPS) is 22.8. The molecule has 1 atom stereocenters. The van der Waals surface area contributed by atoms with Gasteiger partial charge in [-0.25, -0.2) is 8.42 Å². The lowest BCUT2D eigenvalue weighted by Crippen LogP contribution is -2.44. The SMILES string of the molecule is CN1CCNCC1c1noc(-c2ccccc2S(=O)(=O)N2CCOCC2)n1. The van der Waals surface area contributed by atoms with Crippen molar-refractivity contribution in [1.29, 1.82) is 0 Å². The number of hydrogen-bond acceptors (Lipinski definition) is 8. The van der Waals surface area contributed by atoms with E-state index in [0.29, 0.717) is 37.7 Å². The third kappa shape index (κ3) is 3.63. The standard InChI is InChI=1S/C17H23N5O4S/c1-21-7-6-18-12-14(21)16-19-17(26-20-16)13-4-2-3-5-15(13)27(23,24)22-8-10-25-11-9-22/h2-5,14,18H,6-12H2,1H3. The zero-order chi connectivity index (χ0) is 18.9. The molecule has 0 spiro atoms. The summed E-state index contributed by atoms with van der Waals surface area (Å²) in [6.45, 7) is 3.99. The van der Waals surface area contributed by atoms with E-state index in [1.807, 2.05) is 7.05 Å². The molecule has 1 N–H and O–H groups in total. The van der Waals surface area contributed by atoms with Crippen LogP contribution in [0.1, 0.15) is 11.9 Å². The van der Waals surface area contributed by atoms with E-state index >= 15 is 0 Å². The lowest BCUT2D eigenvalue weighted by molar-refractivity contribution is 0.0730. The van der Waals surface area contributed by atoms with Gasteiger partial charge in [-0.1, -0.05) is 17.3 Å². The third-order valence-corrected chi connectivity index (χ3v) is 6.91. The highest BCUT2D eigenvalue weighted by molar-refractivity contribution is 7.89. The highest BCUT2D eigenvalue weighted by Crippen LogP contribution is 2.30. The monoisotopic (exact) mass is 393 g/mol. The maximum atomic E-state index is 13.1. The molecule has 10 heteroatoms. The summed E-state index contributed by atoms with van der Waals surface area (Å²) >= 11 is 0. The van der Waals surface area contributed by atoms with Crippen molar-refractivity contribution >= 4 is 10.0 Å². The van der Waals surface area contributed by atoms with Crippen LogP contribution in [-0.4, -0.2) is 80.7 Å². The van der Waals surface area contributed by atoms with Crippen molar-refractivity contribution in [1.82, 2.24) is 24.7 Å². The second-order valence-electron chi connectivity index (χ2n) is 6.67. The largest absolute Gasteiger partial charge is 0.379 e. The molecule has 1 aromatic heterocycles. The van der Waals surface area contributed by atoms with Crippen LogP contribution in [-0.2, 0) is 14.8 Å². The summed E-state index contributed by atoms with van der Waals surface area (Å²) in [4.78, 5) is 6.84. The van der Waals surface area contributed by atoms with E-state index < -0.39 is 10.0 Å². The van der Waals surface area contributed by atoms with Crippen molar-refractivity contribution in [3.8, 4) is 11.5 Å². The van der Waals surface area contributed by atoms with Crippen LogP contribution in [0.2, 0.25) is 0 Å². The van der Waals surface area contributed by atoms with Crippen molar-refractivity contribution in [2.45, 2.75) is 10.9 Å². The van der Waals surface area contributed by atoms with Gasteiger partial charge in [-0.15, -0.1) is 0 Å². The molecule has 2 aliphatic rings. The van der Waals surface area contributed by atoms with Gasteiger partial charge in [-0.05, 0) is 19.2 Å². The highest BCUT2D eigenvalue weighted by atomic mass is 32.2. The fourth-order valence-corrected chi connectivity index (χ4v) is 4.96. The highest BCUT2D eigenvalue weighted by Gasteiger charge is 2.31. The lowest BCUT2D eigenvalue weighted by Gasteiger charge is -2.30. The second-order valence-corrected chi connectivity index (χ2v) is 8.58. The Kier molecular flexibility index (Phi) is 5.24. The van der Waals surface area contributed by atoms with Gasteiger partial charge in [0.25, 0.3) is 5.89 Å². The minimum Gasteiger partial charge on any atom is -0.379 e. The van der Waals surface area contributed by atoms with Crippen molar-refractivity contribution in [2.24, 2.45) is 0 Å². The summed E-state index contributed by atoms with van der Waals surface area (Å²) < 4.78 is 38.4. The number of morpholine rings is 1. The molecule has 0 amide bonds. The van der Waals surface area contributed by atoms with Gasteiger partial charge in [-0.3, -0.25) is 4.90 Å². The zero-order valence-electron chi connectivity index (χ0n) is 15.2. The Labute approximate surface area is 158 Å². The predicted molar refractivity (Wildman–Crippen MR) is 97.6 cm³/mol. The summed E-state index contributed by atoms with van der Waals surface area (Å²) in [5.74, 6) is 0.773. The molecule has 0 radical (unpaired) electrons. The van der Waals surface area contributed by atoms with Crippen molar-refractivity contribution in [3.63, 3.8) is 0 Å². The van der Waals surface area contributed by atoms with E-state index in [1.54, 1.807) is 24.3 Å². The van der Waals surface area contributed by atoms with Gasteiger partial charge in [0.15, 0.2) is 5.82 Å². The summed E-state index contributed by atoms with van der Waals surface area (Å²) in [6.07, 6.45) is 0. The van der Waals surface area contributed by atoms with Crippen LogP contribution < -0.4 is 5.32 Å². The number of ether oxygens (including phenoxy) is 1. The number of piperazine rings is 1. The van der Waals surface area contributed by atoms with Gasteiger partial charge in [0.1, 0.15) is 0 Å². The average Bonchev–Trinajstić information content (AvgIpc) is 3.19. The smallest absolute Gasteiger partial charge is 0.259 e. The van der Waals surface area contributed by atoms with E-state index in [-0.39, 0.29) is 16.8 Å². The van der Waals surface area contributed by atoms with Crippen LogP contribution in [0.25, 0.3) is 11.5 Å². The molecule has 0 aliphatic carbocycles. The quantitative estimate of drug-likeness (QED) is 0.793. The molecule has 9 nitrogen and oxygen atoms in total. The van der Waals surface area contributed by atoms with E-state index in [9.17, 15) is 8.42 Å². The Hall–Kier alpha value is -1.85. The van der Waals surface area contributed by atoms with Crippen molar-refractivity contribution in [3.05, 3.63) is 30.1 Å². The van der Waals surface area contributed by atoms with Gasteiger partial charge in [0.05, 0.1) is 29.7 Å². The molecular weight excluding hydrogens is 370 g/mol. The van der Waals surface area contributed by atoms with E-state index in [1.165, 1.54) is 4.31 Å². The van der Waals surface area contributed by atoms with Crippen LogP contribution in [0.4, 0.5) is 0 Å². The van der Waals surface area contributed by atoms with Crippen LogP contribution >= 0.6 is 0 Å². The molecule has 27 heavy (non-hydrogen) atoms. The molecular formula is C17H23N5O4S. The summed E-state index contributed by atoms with van der Waals surface area (Å²) in [6, 6.07) is 6.75. The maximum Gasteiger partial charge on any atom is 0.259 e. The number of aromatic nitrogens is 2. The molecule has 2 aromatic rings. The minimum absolute atomic E-state index is 0.000683. The zero-order valence-corrected chi connectivity index (χ0v) is 16.0. The molecule has 2 aliphatic heterocycles. The van der Waals surface area contributed by atoms with Crippen LogP contribution in [0, 0.1) is 0 Å². The van der Waals surface area contributed by atoms with Crippen LogP contribution in [0.15, 0.2) is 33.7 Å². The third-order valence-electron chi connectivity index (χ3n) is 4.96. The number of rotatable bonds is 4. The first-order valence-corrected chi connectivity index (χ1v) is 10.4. The fourth-order valence-electron chi connectivity index (χ4n) is 3.37. The number of nitrogens with zero attached hydrogens (tertiary/aromatic N) is 4. The Morgan fingerprint density at radius 1 is 1.19 bits per heavy atom. The molecule has 3 heterocycles. The Bertz CT molecular complexity index is 894. The first kappa shape index (κ1) is 18.5. The fraction of sp³-hybridized carbons (Fsp3) is 0.529. The Balaban J connectivity index is 1.67. The predicted octanol–water partition coefficient (Wildman–Crippen LogP) is 0.334. The molecule has 0 bridgehead atoms. The van der Waals surface area contributed by atoms with Gasteiger partial charge in [0, 0.05) is 32.7 Å². The molecule has 2 saturated heterocycles. The second kappa shape index (κ2) is 7.64. The maximum absolute atomic E-state index is 13.1. The van der Waals surface area contributed by atoms with Gasteiger partial charge < -0.3 is 14.6 Å². The minimum atomic E-state index is -3.66. The molecule has 1 aromatic carbocycles. The summed E-state index contributed by atoms with van der Waals surface area (Å²) in [5.41, 5.74) is 0.425. The lowest BCUT2D eigenvalue weighted by atomic mass is 10.2. The number of sulfonamides is 1. The van der Waals surface area contributed by atoms with Crippen LogP contribution in [0.3, 0.4) is 0 Å². The van der Waals surface area contributed by atoms with Gasteiger partial charge >= 0.3 is 0 Å². The Morgan fingerprint density at radius 2 is 1.96 bits per heavy atom. The van der Waals surface area contributed by atoms with E-state index in [2.05, 4.69) is 20.4 Å². The summed E-state index contributed by atoms with van der Waals surface area (Å²) in [5, 5.41) is 7.42. The molecule has 146 valence electrons. The van der Waals surface area contributed by atoms with E-state index in [0.717, 1.165) is 19.6 Å². The molecule has 0 saturated carbocycles. The van der Waals surface area contributed by atoms with Crippen molar-refractivity contribution in [2.75, 3.05) is 53.0 Å². The number of hydrogen-bond donors (Lipinski definition) is 1. The first-order chi connectivity index (χ1) is 13.1. The van der Waals surface area contributed by atoms with Gasteiger partial charge in [0.2, 0.25) is 10.0 Å². The topological polar surface area (TPSA) is 101 Å². The average molecular weight is 393 g/mol. The first-order valence-electron chi connectivity index (χ1n) is 8.99. The number of likely N-dealkylation sites (N-methyl/N-ethyl adjacent to an activating group) is 1. The molecule has 1 unspecified atom stereocenters. The van der Waals surface area contributed by atoms with E-state index in [4.69, 9.17) is 9.26 Å². The number of nitrogens with one attached hydrogen (secondary N) is 1. The molecule has 4 rings (SSSR count). The Morgan fingerprint density at radius 3 is 2.74 bits per heavy atom. The van der Waals surface area contributed by atoms with Crippen molar-refractivity contribution < 1.29 is 17.7 Å². The number of benzene rings is 1. The van der Waals surface area contributed by atoms with Gasteiger partial charge in [-0.2, -0.15) is 9.29 Å². The summed E-state index contributed by atoms with van der Waals surface area (Å²) in [7, 11) is -1.65. The molecule has 2 fully saturated rings.